The lowest BCUT2D eigenvalue weighted by Crippen LogP contribution is -2.35. The minimum atomic E-state index is -0.527. The fourth-order valence-corrected chi connectivity index (χ4v) is 1.16. The van der Waals surface area contributed by atoms with Crippen LogP contribution in [-0.2, 0) is 4.79 Å². The van der Waals surface area contributed by atoms with Crippen LogP contribution in [0.5, 0.6) is 5.75 Å². The second kappa shape index (κ2) is 5.34. The van der Waals surface area contributed by atoms with E-state index in [4.69, 9.17) is 4.74 Å². The van der Waals surface area contributed by atoms with Gasteiger partial charge in [0.1, 0.15) is 11.6 Å². The summed E-state index contributed by atoms with van der Waals surface area (Å²) in [6.45, 7) is 1.85. The van der Waals surface area contributed by atoms with Gasteiger partial charge in [0.25, 0.3) is 5.91 Å². The molecule has 1 N–H and O–H groups in total. The van der Waals surface area contributed by atoms with Gasteiger partial charge in [0, 0.05) is 7.05 Å². The Morgan fingerprint density at radius 3 is 2.53 bits per heavy atom. The molecule has 0 fully saturated rings. The molecule has 1 aromatic rings. The van der Waals surface area contributed by atoms with Crippen molar-refractivity contribution in [2.45, 2.75) is 19.4 Å². The molecule has 4 heteroatoms. The van der Waals surface area contributed by atoms with Gasteiger partial charge < -0.3 is 10.1 Å². The Morgan fingerprint density at radius 2 is 2.07 bits per heavy atom. The Labute approximate surface area is 88.2 Å². The van der Waals surface area contributed by atoms with E-state index in [1.807, 2.05) is 6.92 Å². The molecule has 0 spiro atoms. The van der Waals surface area contributed by atoms with Gasteiger partial charge in [0.2, 0.25) is 0 Å². The van der Waals surface area contributed by atoms with E-state index in [2.05, 4.69) is 5.32 Å². The maximum absolute atomic E-state index is 12.6. The Balaban J connectivity index is 2.66. The monoisotopic (exact) mass is 211 g/mol. The maximum atomic E-state index is 12.6. The summed E-state index contributed by atoms with van der Waals surface area (Å²) in [5.74, 6) is -0.0102. The van der Waals surface area contributed by atoms with Gasteiger partial charge in [-0.15, -0.1) is 0 Å². The first-order chi connectivity index (χ1) is 7.17. The third-order valence-electron chi connectivity index (χ3n) is 2.00. The van der Waals surface area contributed by atoms with Crippen LogP contribution in [-0.4, -0.2) is 19.1 Å². The summed E-state index contributed by atoms with van der Waals surface area (Å²) in [5, 5.41) is 2.51. The van der Waals surface area contributed by atoms with Crippen LogP contribution in [0.1, 0.15) is 13.3 Å². The zero-order chi connectivity index (χ0) is 11.3. The maximum Gasteiger partial charge on any atom is 0.260 e. The number of likely N-dealkylation sites (N-methyl/N-ethyl adjacent to an activating group) is 1. The van der Waals surface area contributed by atoms with Crippen molar-refractivity contribution in [2.24, 2.45) is 0 Å². The van der Waals surface area contributed by atoms with Crippen molar-refractivity contribution in [1.29, 1.82) is 0 Å². The van der Waals surface area contributed by atoms with Gasteiger partial charge in [-0.2, -0.15) is 0 Å². The van der Waals surface area contributed by atoms with Crippen molar-refractivity contribution in [1.82, 2.24) is 5.32 Å². The summed E-state index contributed by atoms with van der Waals surface area (Å²) in [6.07, 6.45) is 0.0392. The van der Waals surface area contributed by atoms with Crippen LogP contribution < -0.4 is 10.1 Å². The second-order valence-electron chi connectivity index (χ2n) is 3.08. The second-order valence-corrected chi connectivity index (χ2v) is 3.08. The molecule has 1 unspecified atom stereocenters. The summed E-state index contributed by atoms with van der Waals surface area (Å²) in [4.78, 5) is 11.3. The highest BCUT2D eigenvalue weighted by molar-refractivity contribution is 5.80. The first kappa shape index (κ1) is 11.5. The topological polar surface area (TPSA) is 38.3 Å². The van der Waals surface area contributed by atoms with Crippen LogP contribution in [0, 0.1) is 5.82 Å². The number of ether oxygens (including phenoxy) is 1. The van der Waals surface area contributed by atoms with Crippen LogP contribution >= 0.6 is 0 Å². The van der Waals surface area contributed by atoms with Gasteiger partial charge in [-0.25, -0.2) is 4.39 Å². The number of benzene rings is 1. The zero-order valence-corrected chi connectivity index (χ0v) is 8.79. The normalized spacial score (nSPS) is 11.9. The van der Waals surface area contributed by atoms with Gasteiger partial charge in [0.05, 0.1) is 0 Å². The number of carbonyl (C=O) groups excluding carboxylic acids is 1. The lowest BCUT2D eigenvalue weighted by atomic mass is 10.2. The van der Waals surface area contributed by atoms with Crippen LogP contribution in [0.4, 0.5) is 4.39 Å². The molecule has 1 rings (SSSR count). The number of amides is 1. The molecule has 1 atom stereocenters. The first-order valence-electron chi connectivity index (χ1n) is 4.81. The molecule has 0 saturated carbocycles. The summed E-state index contributed by atoms with van der Waals surface area (Å²) >= 11 is 0. The molecule has 0 aromatic heterocycles. The predicted molar refractivity (Wildman–Crippen MR) is 55.2 cm³/mol. The molecule has 0 radical (unpaired) electrons. The first-order valence-corrected chi connectivity index (χ1v) is 4.81. The Hall–Kier alpha value is -1.58. The zero-order valence-electron chi connectivity index (χ0n) is 8.79. The molecule has 15 heavy (non-hydrogen) atoms. The highest BCUT2D eigenvalue weighted by Crippen LogP contribution is 2.14. The number of nitrogens with one attached hydrogen (secondary N) is 1. The van der Waals surface area contributed by atoms with Gasteiger partial charge in [-0.05, 0) is 30.7 Å². The van der Waals surface area contributed by atoms with E-state index in [9.17, 15) is 9.18 Å². The van der Waals surface area contributed by atoms with Crippen molar-refractivity contribution in [3.63, 3.8) is 0 Å². The van der Waals surface area contributed by atoms with E-state index >= 15 is 0 Å². The Bertz CT molecular complexity index is 324. The number of carbonyl (C=O) groups is 1. The average Bonchev–Trinajstić information content (AvgIpc) is 2.27. The molecule has 1 aromatic carbocycles. The number of rotatable bonds is 4. The summed E-state index contributed by atoms with van der Waals surface area (Å²) in [5.41, 5.74) is 0. The molecule has 3 nitrogen and oxygen atoms in total. The smallest absolute Gasteiger partial charge is 0.260 e. The predicted octanol–water partition coefficient (Wildman–Crippen LogP) is 1.73. The fraction of sp³-hybridized carbons (Fsp3) is 0.364. The van der Waals surface area contributed by atoms with E-state index in [1.54, 1.807) is 7.05 Å². The number of hydrogen-bond donors (Lipinski definition) is 1. The highest BCUT2D eigenvalue weighted by atomic mass is 19.1. The average molecular weight is 211 g/mol. The summed E-state index contributed by atoms with van der Waals surface area (Å²) in [7, 11) is 1.55. The van der Waals surface area contributed by atoms with E-state index in [-0.39, 0.29) is 11.7 Å². The Kier molecular flexibility index (Phi) is 4.09. The lowest BCUT2D eigenvalue weighted by Gasteiger charge is -2.15. The summed E-state index contributed by atoms with van der Waals surface area (Å²) in [6, 6.07) is 5.60. The van der Waals surface area contributed by atoms with Crippen molar-refractivity contribution in [2.75, 3.05) is 7.05 Å². The fourth-order valence-electron chi connectivity index (χ4n) is 1.16. The van der Waals surface area contributed by atoms with Crippen molar-refractivity contribution in [3.05, 3.63) is 30.1 Å². The summed E-state index contributed by atoms with van der Waals surface area (Å²) < 4.78 is 18.0. The van der Waals surface area contributed by atoms with Crippen LogP contribution in [0.2, 0.25) is 0 Å². The van der Waals surface area contributed by atoms with Gasteiger partial charge in [0.15, 0.2) is 6.10 Å². The van der Waals surface area contributed by atoms with Gasteiger partial charge >= 0.3 is 0 Å². The molecule has 82 valence electrons. The third-order valence-corrected chi connectivity index (χ3v) is 2.00. The molecule has 0 aliphatic rings. The van der Waals surface area contributed by atoms with Gasteiger partial charge in [-0.3, -0.25) is 4.79 Å². The highest BCUT2D eigenvalue weighted by Gasteiger charge is 2.16. The number of hydrogen-bond acceptors (Lipinski definition) is 2. The minimum Gasteiger partial charge on any atom is -0.481 e. The molecular weight excluding hydrogens is 197 g/mol. The molecule has 0 aliphatic heterocycles. The molecular formula is C11H14FNO2. The van der Waals surface area contributed by atoms with E-state index in [0.717, 1.165) is 0 Å². The largest absolute Gasteiger partial charge is 0.481 e. The molecule has 0 saturated heterocycles. The van der Waals surface area contributed by atoms with Crippen LogP contribution in [0.25, 0.3) is 0 Å². The van der Waals surface area contributed by atoms with E-state index < -0.39 is 6.10 Å². The third kappa shape index (κ3) is 3.23. The Morgan fingerprint density at radius 1 is 1.47 bits per heavy atom. The quantitative estimate of drug-likeness (QED) is 0.823. The standard InChI is InChI=1S/C11H14FNO2/c1-3-10(11(14)13-2)15-9-6-4-8(12)5-7-9/h4-7,10H,3H2,1-2H3,(H,13,14). The SMILES string of the molecule is CCC(Oc1ccc(F)cc1)C(=O)NC. The van der Waals surface area contributed by atoms with Crippen molar-refractivity contribution < 1.29 is 13.9 Å². The molecule has 1 amide bonds. The van der Waals surface area contributed by atoms with E-state index in [0.29, 0.717) is 12.2 Å². The lowest BCUT2D eigenvalue weighted by molar-refractivity contribution is -0.127. The van der Waals surface area contributed by atoms with Crippen LogP contribution in [0.3, 0.4) is 0 Å². The van der Waals surface area contributed by atoms with E-state index in [1.165, 1.54) is 24.3 Å². The molecule has 0 aliphatic carbocycles. The van der Waals surface area contributed by atoms with Crippen molar-refractivity contribution >= 4 is 5.91 Å². The molecule has 0 bridgehead atoms. The van der Waals surface area contributed by atoms with Crippen molar-refractivity contribution in [3.8, 4) is 5.75 Å². The van der Waals surface area contributed by atoms with Gasteiger partial charge in [-0.1, -0.05) is 6.92 Å². The minimum absolute atomic E-state index is 0.179. The number of halogens is 1. The molecule has 0 heterocycles. The van der Waals surface area contributed by atoms with Crippen LogP contribution in [0.15, 0.2) is 24.3 Å².